The van der Waals surface area contributed by atoms with Gasteiger partial charge in [0.1, 0.15) is 23.9 Å². The third-order valence-electron chi connectivity index (χ3n) is 5.26. The number of nitrogens with one attached hydrogen (secondary N) is 3. The van der Waals surface area contributed by atoms with Crippen molar-refractivity contribution in [2.75, 3.05) is 11.5 Å². The average molecular weight is 535 g/mol. The Labute approximate surface area is 219 Å². The van der Waals surface area contributed by atoms with Crippen LogP contribution in [0.4, 0.5) is 0 Å². The van der Waals surface area contributed by atoms with Crippen molar-refractivity contribution >= 4 is 48.9 Å². The highest BCUT2D eigenvalue weighted by Gasteiger charge is 2.30. The number of phenols is 1. The van der Waals surface area contributed by atoms with Crippen molar-refractivity contribution in [3.05, 3.63) is 65.7 Å². The van der Waals surface area contributed by atoms with Crippen LogP contribution >= 0.6 is 25.3 Å². The summed E-state index contributed by atoms with van der Waals surface area (Å²) in [6.45, 7) is 0. The molecular weight excluding hydrogens is 504 g/mol. The summed E-state index contributed by atoms with van der Waals surface area (Å²) in [6.07, 6.45) is 0.0393. The molecule has 0 fully saturated rings. The molecule has 0 heterocycles. The van der Waals surface area contributed by atoms with Gasteiger partial charge >= 0.3 is 5.97 Å². The fourth-order valence-corrected chi connectivity index (χ4v) is 3.65. The van der Waals surface area contributed by atoms with E-state index in [1.807, 2.05) is 0 Å². The number of nitrogens with two attached hydrogens (primary N) is 1. The molecule has 0 aliphatic rings. The molecule has 0 saturated heterocycles. The molecule has 0 radical (unpaired) electrons. The number of rotatable bonds is 13. The second kappa shape index (κ2) is 14.4. The van der Waals surface area contributed by atoms with Crippen LogP contribution in [0.5, 0.6) is 5.75 Å². The second-order valence-electron chi connectivity index (χ2n) is 8.05. The zero-order valence-electron chi connectivity index (χ0n) is 19.3. The summed E-state index contributed by atoms with van der Waals surface area (Å²) in [6, 6.07) is 10.3. The molecule has 0 spiro atoms. The fourth-order valence-electron chi connectivity index (χ4n) is 3.23. The highest BCUT2D eigenvalue weighted by atomic mass is 32.1. The summed E-state index contributed by atoms with van der Waals surface area (Å²) >= 11 is 8.07. The maximum absolute atomic E-state index is 13.2. The summed E-state index contributed by atoms with van der Waals surface area (Å²) in [5, 5.41) is 26.7. The van der Waals surface area contributed by atoms with Crippen molar-refractivity contribution in [3.8, 4) is 5.75 Å². The van der Waals surface area contributed by atoms with Crippen molar-refractivity contribution in [2.45, 2.75) is 37.0 Å². The zero-order chi connectivity index (χ0) is 26.7. The Morgan fingerprint density at radius 3 is 1.78 bits per heavy atom. The summed E-state index contributed by atoms with van der Waals surface area (Å²) in [5.74, 6) is -3.24. The van der Waals surface area contributed by atoms with Crippen LogP contribution in [0.15, 0.2) is 54.6 Å². The van der Waals surface area contributed by atoms with E-state index in [2.05, 4.69) is 41.2 Å². The minimum Gasteiger partial charge on any atom is -0.508 e. The molecule has 36 heavy (non-hydrogen) atoms. The molecule has 3 amide bonds. The molecule has 0 aliphatic carbocycles. The van der Waals surface area contributed by atoms with Crippen LogP contribution in [0, 0.1) is 0 Å². The number of carboxylic acid groups (broad SMARTS) is 1. The van der Waals surface area contributed by atoms with Gasteiger partial charge in [0.25, 0.3) is 0 Å². The predicted molar refractivity (Wildman–Crippen MR) is 141 cm³/mol. The van der Waals surface area contributed by atoms with E-state index in [9.17, 15) is 29.4 Å². The molecule has 0 aromatic heterocycles. The van der Waals surface area contributed by atoms with E-state index < -0.39 is 47.9 Å². The Hall–Kier alpha value is -3.22. The number of amides is 3. The zero-order valence-corrected chi connectivity index (χ0v) is 21.1. The Morgan fingerprint density at radius 1 is 0.722 bits per heavy atom. The van der Waals surface area contributed by atoms with Crippen LogP contribution in [0.3, 0.4) is 0 Å². The summed E-state index contributed by atoms with van der Waals surface area (Å²) in [4.78, 5) is 50.0. The van der Waals surface area contributed by atoms with Gasteiger partial charge in [0.05, 0.1) is 6.04 Å². The molecule has 2 rings (SSSR count). The number of carboxylic acids is 1. The number of aromatic hydroxyl groups is 1. The molecule has 4 atom stereocenters. The van der Waals surface area contributed by atoms with Gasteiger partial charge in [-0.2, -0.15) is 25.3 Å². The normalized spacial score (nSPS) is 14.1. The molecule has 2 aromatic rings. The largest absolute Gasteiger partial charge is 0.508 e. The van der Waals surface area contributed by atoms with E-state index in [-0.39, 0.29) is 30.1 Å². The van der Waals surface area contributed by atoms with Gasteiger partial charge in [-0.1, -0.05) is 42.5 Å². The Morgan fingerprint density at radius 2 is 1.22 bits per heavy atom. The molecule has 194 valence electrons. The lowest BCUT2D eigenvalue weighted by Gasteiger charge is -2.24. The quantitative estimate of drug-likeness (QED) is 0.166. The van der Waals surface area contributed by atoms with Crippen molar-refractivity contribution in [3.63, 3.8) is 0 Å². The number of carbonyl (C=O) groups excluding carboxylic acids is 3. The van der Waals surface area contributed by atoms with Crippen molar-refractivity contribution < 1.29 is 29.4 Å². The van der Waals surface area contributed by atoms with Crippen molar-refractivity contribution in [2.24, 2.45) is 5.73 Å². The molecule has 2 aromatic carbocycles. The standard InChI is InChI=1S/C24H30N4O6S2/c25-17(12-35)21(30)28-20(13-36)23(32)26-18(10-15-6-8-16(29)9-7-15)22(31)27-19(24(33)34)11-14-4-2-1-3-5-14/h1-9,17-20,29,35-36H,10-13,25H2,(H,26,32)(H,27,31)(H,28,30)(H,33,34). The lowest BCUT2D eigenvalue weighted by atomic mass is 10.0. The van der Waals surface area contributed by atoms with Crippen LogP contribution in [-0.2, 0) is 32.0 Å². The van der Waals surface area contributed by atoms with Gasteiger partial charge in [-0.05, 0) is 23.3 Å². The third kappa shape index (κ3) is 9.10. The smallest absolute Gasteiger partial charge is 0.326 e. The maximum atomic E-state index is 13.2. The first kappa shape index (κ1) is 29.0. The highest BCUT2D eigenvalue weighted by Crippen LogP contribution is 2.12. The lowest BCUT2D eigenvalue weighted by molar-refractivity contribution is -0.142. The van der Waals surface area contributed by atoms with Gasteiger partial charge in [0.15, 0.2) is 0 Å². The van der Waals surface area contributed by atoms with Gasteiger partial charge < -0.3 is 31.9 Å². The monoisotopic (exact) mass is 534 g/mol. The van der Waals surface area contributed by atoms with E-state index in [4.69, 9.17) is 5.73 Å². The van der Waals surface area contributed by atoms with Gasteiger partial charge in [-0.3, -0.25) is 14.4 Å². The van der Waals surface area contributed by atoms with Crippen LogP contribution in [-0.4, -0.2) is 69.6 Å². The number of benzene rings is 2. The van der Waals surface area contributed by atoms with Crippen LogP contribution in [0.25, 0.3) is 0 Å². The maximum Gasteiger partial charge on any atom is 0.326 e. The minimum absolute atomic E-state index is 0.00107. The third-order valence-corrected chi connectivity index (χ3v) is 6.01. The first-order valence-electron chi connectivity index (χ1n) is 11.1. The summed E-state index contributed by atoms with van der Waals surface area (Å²) < 4.78 is 0. The number of aliphatic carboxylic acids is 1. The molecular formula is C24H30N4O6S2. The van der Waals surface area contributed by atoms with Crippen molar-refractivity contribution in [1.82, 2.24) is 16.0 Å². The number of thiol groups is 2. The van der Waals surface area contributed by atoms with Gasteiger partial charge in [0.2, 0.25) is 17.7 Å². The van der Waals surface area contributed by atoms with Crippen molar-refractivity contribution in [1.29, 1.82) is 0 Å². The summed E-state index contributed by atoms with van der Waals surface area (Å²) in [7, 11) is 0. The SMILES string of the molecule is NC(CS)C(=O)NC(CS)C(=O)NC(Cc1ccc(O)cc1)C(=O)NC(Cc1ccccc1)C(=O)O. The van der Waals surface area contributed by atoms with E-state index in [1.54, 1.807) is 42.5 Å². The van der Waals surface area contributed by atoms with Gasteiger partial charge in [-0.25, -0.2) is 4.79 Å². The second-order valence-corrected chi connectivity index (χ2v) is 8.78. The summed E-state index contributed by atoms with van der Waals surface area (Å²) in [5.41, 5.74) is 6.96. The van der Waals surface area contributed by atoms with Gasteiger partial charge in [-0.15, -0.1) is 0 Å². The molecule has 7 N–H and O–H groups in total. The minimum atomic E-state index is -1.24. The van der Waals surface area contributed by atoms with E-state index >= 15 is 0 Å². The van der Waals surface area contributed by atoms with Crippen LogP contribution in [0.2, 0.25) is 0 Å². The molecule has 10 nitrogen and oxygen atoms in total. The molecule has 0 bridgehead atoms. The highest BCUT2D eigenvalue weighted by molar-refractivity contribution is 7.80. The number of phenolic OH excluding ortho intramolecular Hbond substituents is 1. The first-order valence-corrected chi connectivity index (χ1v) is 12.3. The van der Waals surface area contributed by atoms with Gasteiger partial charge in [0, 0.05) is 24.3 Å². The Bertz CT molecular complexity index is 1040. The Kier molecular flexibility index (Phi) is 11.6. The molecule has 4 unspecified atom stereocenters. The van der Waals surface area contributed by atoms with E-state index in [1.165, 1.54) is 12.1 Å². The first-order chi connectivity index (χ1) is 17.1. The Balaban J connectivity index is 2.21. The molecule has 12 heteroatoms. The number of hydrogen-bond donors (Lipinski definition) is 8. The topological polar surface area (TPSA) is 171 Å². The predicted octanol–water partition coefficient (Wildman–Crippen LogP) is -0.0967. The molecule has 0 aliphatic heterocycles. The van der Waals surface area contributed by atoms with E-state index in [0.717, 1.165) is 0 Å². The average Bonchev–Trinajstić information content (AvgIpc) is 2.87. The molecule has 0 saturated carbocycles. The van der Waals surface area contributed by atoms with Crippen LogP contribution < -0.4 is 21.7 Å². The fraction of sp³-hybridized carbons (Fsp3) is 0.333. The number of carbonyl (C=O) groups is 4. The van der Waals surface area contributed by atoms with E-state index in [0.29, 0.717) is 11.1 Å². The number of hydrogen-bond acceptors (Lipinski definition) is 8. The van der Waals surface area contributed by atoms with Crippen LogP contribution in [0.1, 0.15) is 11.1 Å². The lowest BCUT2D eigenvalue weighted by Crippen LogP contribution is -2.58.